The van der Waals surface area contributed by atoms with Gasteiger partial charge >= 0.3 is 6.09 Å². The lowest BCUT2D eigenvalue weighted by Crippen LogP contribution is -2.40. The molecule has 0 fully saturated rings. The van der Waals surface area contributed by atoms with Crippen LogP contribution in [0.4, 0.5) is 4.79 Å². The number of nitrogens with zero attached hydrogens (tertiary/aromatic N) is 2. The second kappa shape index (κ2) is 6.60. The molecule has 0 radical (unpaired) electrons. The van der Waals surface area contributed by atoms with E-state index in [9.17, 15) is 9.59 Å². The third-order valence-electron chi connectivity index (χ3n) is 3.79. The van der Waals surface area contributed by atoms with E-state index in [0.29, 0.717) is 25.2 Å². The van der Waals surface area contributed by atoms with E-state index in [0.717, 1.165) is 17.7 Å². The van der Waals surface area contributed by atoms with Crippen molar-refractivity contribution >= 4 is 12.0 Å². The van der Waals surface area contributed by atoms with Gasteiger partial charge in [-0.05, 0) is 34.1 Å². The zero-order chi connectivity index (χ0) is 17.2. The maximum Gasteiger partial charge on any atom is 0.410 e. The summed E-state index contributed by atoms with van der Waals surface area (Å²) in [6.07, 6.45) is 1.12. The van der Waals surface area contributed by atoms with E-state index in [1.807, 2.05) is 34.6 Å². The lowest BCUT2D eigenvalue weighted by Gasteiger charge is -2.30. The number of ether oxygens (including phenoxy) is 1. The van der Waals surface area contributed by atoms with Crippen LogP contribution in [0.25, 0.3) is 0 Å². The van der Waals surface area contributed by atoms with Crippen LogP contribution in [0.5, 0.6) is 0 Å². The van der Waals surface area contributed by atoms with Crippen LogP contribution in [0.1, 0.15) is 62.8 Å². The Bertz CT molecular complexity index is 589. The van der Waals surface area contributed by atoms with Gasteiger partial charge in [-0.3, -0.25) is 9.89 Å². The molecule has 1 unspecified atom stereocenters. The Balaban J connectivity index is 2.12. The van der Waals surface area contributed by atoms with E-state index in [2.05, 4.69) is 15.5 Å². The molecule has 2 heterocycles. The molecule has 1 atom stereocenters. The van der Waals surface area contributed by atoms with Crippen LogP contribution in [0.15, 0.2) is 0 Å². The molecule has 0 saturated heterocycles. The van der Waals surface area contributed by atoms with Crippen molar-refractivity contribution in [2.45, 2.75) is 65.6 Å². The van der Waals surface area contributed by atoms with Crippen LogP contribution in [-0.2, 0) is 17.7 Å². The minimum atomic E-state index is -0.537. The molecular weight excluding hydrogens is 296 g/mol. The minimum Gasteiger partial charge on any atom is -0.444 e. The summed E-state index contributed by atoms with van der Waals surface area (Å²) in [5, 5.41) is 9.96. The Morgan fingerprint density at radius 3 is 2.74 bits per heavy atom. The van der Waals surface area contributed by atoms with Gasteiger partial charge in [0.15, 0.2) is 5.69 Å². The van der Waals surface area contributed by atoms with Gasteiger partial charge < -0.3 is 15.0 Å². The maximum atomic E-state index is 12.3. The van der Waals surface area contributed by atoms with Crippen molar-refractivity contribution in [1.29, 1.82) is 0 Å². The van der Waals surface area contributed by atoms with E-state index in [4.69, 9.17) is 4.74 Å². The Labute approximate surface area is 136 Å². The molecule has 0 aliphatic carbocycles. The molecule has 1 aliphatic heterocycles. The number of rotatable bonds is 3. The SMILES string of the molecule is CCC(C)NC(=O)c1n[nH]c2c1CN(C(=O)OC(C)(C)C)CC2. The van der Waals surface area contributed by atoms with Crippen LogP contribution in [0.2, 0.25) is 0 Å². The van der Waals surface area contributed by atoms with Crippen molar-refractivity contribution < 1.29 is 14.3 Å². The molecule has 0 saturated carbocycles. The largest absolute Gasteiger partial charge is 0.444 e. The van der Waals surface area contributed by atoms with Gasteiger partial charge in [-0.15, -0.1) is 0 Å². The molecule has 1 aliphatic rings. The first-order valence-corrected chi connectivity index (χ1v) is 8.06. The summed E-state index contributed by atoms with van der Waals surface area (Å²) in [6.45, 7) is 10.4. The van der Waals surface area contributed by atoms with Gasteiger partial charge in [0, 0.05) is 30.3 Å². The highest BCUT2D eigenvalue weighted by Crippen LogP contribution is 2.22. The fourth-order valence-corrected chi connectivity index (χ4v) is 2.36. The second-order valence-electron chi connectivity index (χ2n) is 6.96. The molecule has 0 bridgehead atoms. The number of carbonyl (C=O) groups excluding carboxylic acids is 2. The smallest absolute Gasteiger partial charge is 0.410 e. The summed E-state index contributed by atoms with van der Waals surface area (Å²) in [5.41, 5.74) is 1.53. The van der Waals surface area contributed by atoms with E-state index >= 15 is 0 Å². The predicted octanol–water partition coefficient (Wildman–Crippen LogP) is 2.23. The zero-order valence-corrected chi connectivity index (χ0v) is 14.5. The number of hydrogen-bond donors (Lipinski definition) is 2. The van der Waals surface area contributed by atoms with Gasteiger partial charge in [-0.25, -0.2) is 4.79 Å². The average Bonchev–Trinajstić information content (AvgIpc) is 2.88. The fraction of sp³-hybridized carbons (Fsp3) is 0.688. The molecule has 1 aromatic rings. The molecule has 7 heteroatoms. The van der Waals surface area contributed by atoms with Crippen LogP contribution < -0.4 is 5.32 Å². The highest BCUT2D eigenvalue weighted by molar-refractivity contribution is 5.94. The molecule has 1 aromatic heterocycles. The third-order valence-corrected chi connectivity index (χ3v) is 3.79. The lowest BCUT2D eigenvalue weighted by molar-refractivity contribution is 0.0222. The van der Waals surface area contributed by atoms with Crippen molar-refractivity contribution in [2.24, 2.45) is 0 Å². The van der Waals surface area contributed by atoms with Crippen molar-refractivity contribution in [2.75, 3.05) is 6.54 Å². The number of nitrogens with one attached hydrogen (secondary N) is 2. The van der Waals surface area contributed by atoms with E-state index in [-0.39, 0.29) is 18.0 Å². The lowest BCUT2D eigenvalue weighted by atomic mass is 10.1. The Kier molecular flexibility index (Phi) is 4.97. The molecule has 0 aromatic carbocycles. The Hall–Kier alpha value is -2.05. The van der Waals surface area contributed by atoms with Crippen LogP contribution >= 0.6 is 0 Å². The van der Waals surface area contributed by atoms with E-state index in [1.165, 1.54) is 0 Å². The summed E-state index contributed by atoms with van der Waals surface area (Å²) in [7, 11) is 0. The summed E-state index contributed by atoms with van der Waals surface area (Å²) < 4.78 is 5.41. The first kappa shape index (κ1) is 17.3. The molecule has 7 nitrogen and oxygen atoms in total. The number of aromatic nitrogens is 2. The summed E-state index contributed by atoms with van der Waals surface area (Å²) >= 11 is 0. The van der Waals surface area contributed by atoms with Crippen molar-refractivity contribution in [3.05, 3.63) is 17.0 Å². The molecule has 23 heavy (non-hydrogen) atoms. The quantitative estimate of drug-likeness (QED) is 0.893. The monoisotopic (exact) mass is 322 g/mol. The van der Waals surface area contributed by atoms with E-state index < -0.39 is 5.60 Å². The summed E-state index contributed by atoms with van der Waals surface area (Å²) in [4.78, 5) is 26.2. The maximum absolute atomic E-state index is 12.3. The van der Waals surface area contributed by atoms with Crippen molar-refractivity contribution in [1.82, 2.24) is 20.4 Å². The molecule has 128 valence electrons. The third kappa shape index (κ3) is 4.24. The molecular formula is C16H26N4O3. The van der Waals surface area contributed by atoms with Crippen molar-refractivity contribution in [3.8, 4) is 0 Å². The predicted molar refractivity (Wildman–Crippen MR) is 86.2 cm³/mol. The number of amides is 2. The van der Waals surface area contributed by atoms with Gasteiger partial charge in [0.2, 0.25) is 0 Å². The molecule has 2 N–H and O–H groups in total. The van der Waals surface area contributed by atoms with Crippen LogP contribution in [-0.4, -0.2) is 45.3 Å². The first-order chi connectivity index (χ1) is 10.7. The fourth-order valence-electron chi connectivity index (χ4n) is 2.36. The Morgan fingerprint density at radius 2 is 2.13 bits per heavy atom. The van der Waals surface area contributed by atoms with Gasteiger partial charge in [0.25, 0.3) is 5.91 Å². The standard InChI is InChI=1S/C16H26N4O3/c1-6-10(2)17-14(21)13-11-9-20(8-7-12(11)18-19-13)15(22)23-16(3,4)5/h10H,6-9H2,1-5H3,(H,17,21)(H,18,19). The first-order valence-electron chi connectivity index (χ1n) is 8.06. The topological polar surface area (TPSA) is 87.3 Å². The zero-order valence-electron chi connectivity index (χ0n) is 14.5. The molecule has 2 amide bonds. The normalized spacial score (nSPS) is 15.8. The van der Waals surface area contributed by atoms with Gasteiger partial charge in [-0.2, -0.15) is 5.10 Å². The highest BCUT2D eigenvalue weighted by atomic mass is 16.6. The van der Waals surface area contributed by atoms with Gasteiger partial charge in [-0.1, -0.05) is 6.92 Å². The van der Waals surface area contributed by atoms with Gasteiger partial charge in [0.05, 0.1) is 6.54 Å². The van der Waals surface area contributed by atoms with Crippen LogP contribution in [0.3, 0.4) is 0 Å². The number of aromatic amines is 1. The average molecular weight is 322 g/mol. The summed E-state index contributed by atoms with van der Waals surface area (Å²) in [6, 6.07) is 0.0837. The number of fused-ring (bicyclic) bond motifs is 1. The number of H-pyrrole nitrogens is 1. The second-order valence-corrected chi connectivity index (χ2v) is 6.96. The number of carbonyl (C=O) groups is 2. The molecule has 0 spiro atoms. The van der Waals surface area contributed by atoms with E-state index in [1.54, 1.807) is 4.90 Å². The molecule has 2 rings (SSSR count). The van der Waals surface area contributed by atoms with Crippen LogP contribution in [0, 0.1) is 0 Å². The van der Waals surface area contributed by atoms with Gasteiger partial charge in [0.1, 0.15) is 5.60 Å². The highest BCUT2D eigenvalue weighted by Gasteiger charge is 2.30. The number of hydrogen-bond acceptors (Lipinski definition) is 4. The van der Waals surface area contributed by atoms with Crippen molar-refractivity contribution in [3.63, 3.8) is 0 Å². The minimum absolute atomic E-state index is 0.0837. The summed E-state index contributed by atoms with van der Waals surface area (Å²) in [5.74, 6) is -0.206. The Morgan fingerprint density at radius 1 is 1.43 bits per heavy atom.